The lowest BCUT2D eigenvalue weighted by Gasteiger charge is -2.15. The van der Waals surface area contributed by atoms with Gasteiger partial charge in [0.25, 0.3) is 5.91 Å². The van der Waals surface area contributed by atoms with Crippen molar-refractivity contribution in [2.24, 2.45) is 5.92 Å². The van der Waals surface area contributed by atoms with E-state index in [4.69, 9.17) is 0 Å². The van der Waals surface area contributed by atoms with Crippen LogP contribution >= 0.6 is 0 Å². The fourth-order valence-corrected chi connectivity index (χ4v) is 2.40. The Morgan fingerprint density at radius 1 is 1.28 bits per heavy atom. The topological polar surface area (TPSA) is 97.1 Å². The third-order valence-electron chi connectivity index (χ3n) is 3.75. The van der Waals surface area contributed by atoms with Crippen LogP contribution in [0.1, 0.15) is 42.0 Å². The molecule has 0 fully saturated rings. The summed E-state index contributed by atoms with van der Waals surface area (Å²) in [7, 11) is 0. The number of aromatic nitrogens is 3. The Morgan fingerprint density at radius 3 is 2.48 bits per heavy atom. The fraction of sp³-hybridized carbons (Fsp3) is 0.412. The van der Waals surface area contributed by atoms with Crippen molar-refractivity contribution in [2.75, 3.05) is 0 Å². The molecule has 0 spiro atoms. The van der Waals surface area contributed by atoms with Gasteiger partial charge in [-0.25, -0.2) is 13.9 Å². The van der Waals surface area contributed by atoms with Crippen molar-refractivity contribution < 1.29 is 19.1 Å². The SMILES string of the molecule is Cc1c(C(=O)N[C@H](CC(C)C)C(=O)O)nnn1Cc1ccc(F)cc1. The number of carbonyl (C=O) groups is 2. The summed E-state index contributed by atoms with van der Waals surface area (Å²) in [6, 6.07) is 4.96. The number of rotatable bonds is 7. The van der Waals surface area contributed by atoms with Crippen molar-refractivity contribution in [3.8, 4) is 0 Å². The van der Waals surface area contributed by atoms with Gasteiger partial charge in [-0.1, -0.05) is 31.2 Å². The van der Waals surface area contributed by atoms with Crippen LogP contribution in [0, 0.1) is 18.7 Å². The zero-order valence-corrected chi connectivity index (χ0v) is 14.4. The van der Waals surface area contributed by atoms with E-state index in [9.17, 15) is 19.1 Å². The molecule has 0 radical (unpaired) electrons. The Bertz CT molecular complexity index is 756. The van der Waals surface area contributed by atoms with Crippen molar-refractivity contribution in [1.29, 1.82) is 0 Å². The smallest absolute Gasteiger partial charge is 0.326 e. The number of nitrogens with zero attached hydrogens (tertiary/aromatic N) is 3. The fourth-order valence-electron chi connectivity index (χ4n) is 2.40. The zero-order valence-electron chi connectivity index (χ0n) is 14.4. The van der Waals surface area contributed by atoms with Crippen molar-refractivity contribution in [1.82, 2.24) is 20.3 Å². The van der Waals surface area contributed by atoms with E-state index in [1.807, 2.05) is 13.8 Å². The number of nitrogens with one attached hydrogen (secondary N) is 1. The minimum atomic E-state index is -1.08. The largest absolute Gasteiger partial charge is 0.480 e. The summed E-state index contributed by atoms with van der Waals surface area (Å²) in [5.74, 6) is -1.87. The maximum atomic E-state index is 13.0. The molecule has 0 saturated heterocycles. The number of hydrogen-bond acceptors (Lipinski definition) is 4. The molecule has 8 heteroatoms. The van der Waals surface area contributed by atoms with E-state index in [2.05, 4.69) is 15.6 Å². The van der Waals surface area contributed by atoms with E-state index >= 15 is 0 Å². The summed E-state index contributed by atoms with van der Waals surface area (Å²) in [6.45, 7) is 5.77. The molecule has 1 aromatic carbocycles. The third kappa shape index (κ3) is 4.85. The highest BCUT2D eigenvalue weighted by molar-refractivity contribution is 5.95. The summed E-state index contributed by atoms with van der Waals surface area (Å²) in [5.41, 5.74) is 1.40. The predicted molar refractivity (Wildman–Crippen MR) is 88.6 cm³/mol. The first-order valence-corrected chi connectivity index (χ1v) is 7.96. The lowest BCUT2D eigenvalue weighted by molar-refractivity contribution is -0.139. The summed E-state index contributed by atoms with van der Waals surface area (Å²) in [4.78, 5) is 23.6. The van der Waals surface area contributed by atoms with Crippen LogP contribution in [0.3, 0.4) is 0 Å². The summed E-state index contributed by atoms with van der Waals surface area (Å²) < 4.78 is 14.5. The van der Waals surface area contributed by atoms with Crippen LogP contribution in [0.4, 0.5) is 4.39 Å². The summed E-state index contributed by atoms with van der Waals surface area (Å²) in [5, 5.41) is 19.5. The summed E-state index contributed by atoms with van der Waals surface area (Å²) in [6.07, 6.45) is 0.323. The molecule has 134 valence electrons. The number of halogens is 1. The molecule has 1 heterocycles. The lowest BCUT2D eigenvalue weighted by Crippen LogP contribution is -2.42. The Morgan fingerprint density at radius 2 is 1.92 bits per heavy atom. The van der Waals surface area contributed by atoms with Gasteiger partial charge in [-0.15, -0.1) is 5.10 Å². The van der Waals surface area contributed by atoms with Crippen molar-refractivity contribution >= 4 is 11.9 Å². The normalized spacial score (nSPS) is 12.2. The number of hydrogen-bond donors (Lipinski definition) is 2. The maximum absolute atomic E-state index is 13.0. The van der Waals surface area contributed by atoms with Gasteiger partial charge < -0.3 is 10.4 Å². The third-order valence-corrected chi connectivity index (χ3v) is 3.75. The average molecular weight is 348 g/mol. The van der Waals surface area contributed by atoms with Crippen molar-refractivity contribution in [3.05, 3.63) is 47.0 Å². The van der Waals surface area contributed by atoms with Gasteiger partial charge in [0.15, 0.2) is 5.69 Å². The Kier molecular flexibility index (Phi) is 5.84. The van der Waals surface area contributed by atoms with Gasteiger partial charge in [0.2, 0.25) is 0 Å². The molecule has 1 aromatic heterocycles. The van der Waals surface area contributed by atoms with Crippen LogP contribution in [-0.2, 0) is 11.3 Å². The molecule has 0 unspecified atom stereocenters. The number of carboxylic acid groups (broad SMARTS) is 1. The second kappa shape index (κ2) is 7.87. The van der Waals surface area contributed by atoms with Gasteiger partial charge in [0, 0.05) is 0 Å². The molecule has 0 aliphatic carbocycles. The van der Waals surface area contributed by atoms with Crippen LogP contribution in [0.25, 0.3) is 0 Å². The summed E-state index contributed by atoms with van der Waals surface area (Å²) >= 11 is 0. The second-order valence-corrected chi connectivity index (χ2v) is 6.30. The highest BCUT2D eigenvalue weighted by Gasteiger charge is 2.24. The Balaban J connectivity index is 2.12. The first-order chi connectivity index (χ1) is 11.8. The molecular formula is C17H21FN4O3. The highest BCUT2D eigenvalue weighted by atomic mass is 19.1. The van der Waals surface area contributed by atoms with E-state index < -0.39 is 17.9 Å². The van der Waals surface area contributed by atoms with E-state index in [0.29, 0.717) is 18.7 Å². The average Bonchev–Trinajstić information content (AvgIpc) is 2.89. The van der Waals surface area contributed by atoms with Crippen LogP contribution in [0.5, 0.6) is 0 Å². The van der Waals surface area contributed by atoms with Gasteiger partial charge in [-0.2, -0.15) is 0 Å². The van der Waals surface area contributed by atoms with Gasteiger partial charge in [-0.3, -0.25) is 4.79 Å². The number of amides is 1. The van der Waals surface area contributed by atoms with E-state index in [1.165, 1.54) is 16.8 Å². The van der Waals surface area contributed by atoms with Gasteiger partial charge in [0.05, 0.1) is 12.2 Å². The van der Waals surface area contributed by atoms with Crippen LogP contribution < -0.4 is 5.32 Å². The molecule has 7 nitrogen and oxygen atoms in total. The van der Waals surface area contributed by atoms with Crippen molar-refractivity contribution in [3.63, 3.8) is 0 Å². The van der Waals surface area contributed by atoms with Crippen LogP contribution in [0.15, 0.2) is 24.3 Å². The maximum Gasteiger partial charge on any atom is 0.326 e. The highest BCUT2D eigenvalue weighted by Crippen LogP contribution is 2.11. The minimum Gasteiger partial charge on any atom is -0.480 e. The molecule has 25 heavy (non-hydrogen) atoms. The second-order valence-electron chi connectivity index (χ2n) is 6.30. The van der Waals surface area contributed by atoms with Crippen molar-refractivity contribution in [2.45, 2.75) is 39.8 Å². The lowest BCUT2D eigenvalue weighted by atomic mass is 10.0. The zero-order chi connectivity index (χ0) is 18.6. The number of carboxylic acids is 1. The monoisotopic (exact) mass is 348 g/mol. The molecular weight excluding hydrogens is 327 g/mol. The van der Waals surface area contributed by atoms with Gasteiger partial charge >= 0.3 is 5.97 Å². The molecule has 0 aliphatic rings. The minimum absolute atomic E-state index is 0.0807. The van der Waals surface area contributed by atoms with Gasteiger partial charge in [0.1, 0.15) is 11.9 Å². The van der Waals surface area contributed by atoms with E-state index in [1.54, 1.807) is 19.1 Å². The molecule has 1 atom stereocenters. The van der Waals surface area contributed by atoms with Crippen LogP contribution in [-0.4, -0.2) is 38.0 Å². The first kappa shape index (κ1) is 18.6. The molecule has 2 rings (SSSR count). The van der Waals surface area contributed by atoms with E-state index in [0.717, 1.165) is 5.56 Å². The molecule has 2 N–H and O–H groups in total. The molecule has 0 saturated carbocycles. The number of aliphatic carboxylic acids is 1. The number of benzene rings is 1. The standard InChI is InChI=1S/C17H21FN4O3/c1-10(2)8-14(17(24)25)19-16(23)15-11(3)22(21-20-15)9-12-4-6-13(18)7-5-12/h4-7,10,14H,8-9H2,1-3H3,(H,19,23)(H,24,25)/t14-/m1/s1. The Hall–Kier alpha value is -2.77. The quantitative estimate of drug-likeness (QED) is 0.798. The predicted octanol–water partition coefficient (Wildman–Crippen LogP) is 2.00. The molecule has 0 bridgehead atoms. The molecule has 0 aliphatic heterocycles. The first-order valence-electron chi connectivity index (χ1n) is 7.96. The van der Waals surface area contributed by atoms with Crippen LogP contribution in [0.2, 0.25) is 0 Å². The van der Waals surface area contributed by atoms with E-state index in [-0.39, 0.29) is 17.4 Å². The molecule has 2 aromatic rings. The number of carbonyl (C=O) groups excluding carboxylic acids is 1. The molecule has 1 amide bonds. The Labute approximate surface area is 144 Å². The van der Waals surface area contributed by atoms with Gasteiger partial charge in [-0.05, 0) is 37.0 Å².